The number of nitrogens with zero attached hydrogens (tertiary/aromatic N) is 2. The van der Waals surface area contributed by atoms with Crippen LogP contribution in [0.3, 0.4) is 0 Å². The molecule has 0 aromatic heterocycles. The molecule has 0 unspecified atom stereocenters. The number of halogens is 2. The number of hydrogen-bond donors (Lipinski definition) is 0. The maximum Gasteiger partial charge on any atom is 0.254 e. The summed E-state index contributed by atoms with van der Waals surface area (Å²) < 4.78 is 24.7. The van der Waals surface area contributed by atoms with E-state index in [1.54, 1.807) is 46.2 Å². The van der Waals surface area contributed by atoms with Crippen molar-refractivity contribution in [1.82, 2.24) is 9.80 Å². The third-order valence-corrected chi connectivity index (χ3v) is 6.88. The minimum Gasteiger partial charge on any atom is -0.339 e. The second kappa shape index (κ2) is 9.15. The van der Waals surface area contributed by atoms with Crippen LogP contribution in [0.5, 0.6) is 0 Å². The van der Waals surface area contributed by atoms with Crippen molar-refractivity contribution in [3.05, 3.63) is 64.1 Å². The van der Waals surface area contributed by atoms with E-state index in [-0.39, 0.29) is 28.9 Å². The van der Waals surface area contributed by atoms with Gasteiger partial charge >= 0.3 is 0 Å². The molecule has 2 amide bonds. The monoisotopic (exact) mass is 454 g/mol. The fourth-order valence-corrected chi connectivity index (χ4v) is 4.92. The molecule has 0 saturated carbocycles. The van der Waals surface area contributed by atoms with Crippen molar-refractivity contribution in [2.75, 3.05) is 31.9 Å². The Morgan fingerprint density at radius 3 is 2.00 bits per heavy atom. The molecule has 0 spiro atoms. The van der Waals surface area contributed by atoms with Gasteiger partial charge in [-0.3, -0.25) is 9.59 Å². The summed E-state index contributed by atoms with van der Waals surface area (Å²) in [5.41, 5.74) is 0.399. The van der Waals surface area contributed by atoms with Crippen molar-refractivity contribution in [3.63, 3.8) is 0 Å². The van der Waals surface area contributed by atoms with Crippen molar-refractivity contribution < 1.29 is 18.0 Å². The van der Waals surface area contributed by atoms with E-state index in [1.807, 2.05) is 0 Å². The average molecular weight is 455 g/mol. The largest absolute Gasteiger partial charge is 0.339 e. The highest BCUT2D eigenvalue weighted by atomic mass is 35.5. The second-order valence-corrected chi connectivity index (χ2v) is 9.70. The first kappa shape index (κ1) is 21.6. The molecule has 29 heavy (non-hydrogen) atoms. The highest BCUT2D eigenvalue weighted by Crippen LogP contribution is 2.21. The lowest BCUT2D eigenvalue weighted by molar-refractivity contribution is -0.132. The summed E-state index contributed by atoms with van der Waals surface area (Å²) in [7, 11) is -3.50. The first-order chi connectivity index (χ1) is 13.8. The predicted molar refractivity (Wildman–Crippen MR) is 112 cm³/mol. The summed E-state index contributed by atoms with van der Waals surface area (Å²) in [5, 5.41) is 0.767. The van der Waals surface area contributed by atoms with Crippen molar-refractivity contribution >= 4 is 44.9 Å². The molecule has 0 aliphatic carbocycles. The fraction of sp³-hybridized carbons (Fsp3) is 0.300. The van der Waals surface area contributed by atoms with Crippen LogP contribution in [0, 0.1) is 0 Å². The van der Waals surface area contributed by atoms with E-state index in [4.69, 9.17) is 23.2 Å². The summed E-state index contributed by atoms with van der Waals surface area (Å²) in [5.74, 6) is -0.675. The molecule has 9 heteroatoms. The Bertz CT molecular complexity index is 984. The van der Waals surface area contributed by atoms with Gasteiger partial charge in [-0.1, -0.05) is 41.4 Å². The van der Waals surface area contributed by atoms with E-state index in [0.29, 0.717) is 41.8 Å². The summed E-state index contributed by atoms with van der Waals surface area (Å²) in [6.45, 7) is 1.43. The van der Waals surface area contributed by atoms with Gasteiger partial charge in [-0.05, 0) is 30.3 Å². The third-order valence-electron chi connectivity index (χ3n) is 4.72. The minimum absolute atomic E-state index is 0.0882. The number of sulfone groups is 1. The zero-order valence-corrected chi connectivity index (χ0v) is 17.9. The number of hydrogen-bond acceptors (Lipinski definition) is 4. The molecule has 1 heterocycles. The van der Waals surface area contributed by atoms with Gasteiger partial charge < -0.3 is 9.80 Å². The van der Waals surface area contributed by atoms with Gasteiger partial charge in [0.1, 0.15) is 0 Å². The standard InChI is InChI=1S/C20H20Cl2N2O4S/c21-16-12-15(13-17(22)14-16)20(26)24-9-7-23(8-10-24)19(25)6-11-29(27,28)18-4-2-1-3-5-18/h1-5,12-14H,6-11H2. The van der Waals surface area contributed by atoms with Gasteiger partial charge in [0, 0.05) is 48.2 Å². The molecular formula is C20H20Cl2N2O4S. The SMILES string of the molecule is O=C(CCS(=O)(=O)c1ccccc1)N1CCN(C(=O)c2cc(Cl)cc(Cl)c2)CC1. The Morgan fingerprint density at radius 2 is 1.41 bits per heavy atom. The summed E-state index contributed by atoms with van der Waals surface area (Å²) >= 11 is 11.9. The lowest BCUT2D eigenvalue weighted by Crippen LogP contribution is -2.50. The van der Waals surface area contributed by atoms with Crippen LogP contribution in [0.25, 0.3) is 0 Å². The Labute approximate surface area is 179 Å². The van der Waals surface area contributed by atoms with E-state index in [2.05, 4.69) is 0 Å². The number of amides is 2. The van der Waals surface area contributed by atoms with Gasteiger partial charge in [0.15, 0.2) is 9.84 Å². The molecule has 154 valence electrons. The lowest BCUT2D eigenvalue weighted by atomic mass is 10.1. The number of carbonyl (C=O) groups excluding carboxylic acids is 2. The molecule has 2 aromatic rings. The first-order valence-electron chi connectivity index (χ1n) is 9.07. The van der Waals surface area contributed by atoms with Gasteiger partial charge in [0.25, 0.3) is 5.91 Å². The van der Waals surface area contributed by atoms with E-state index in [9.17, 15) is 18.0 Å². The van der Waals surface area contributed by atoms with Crippen LogP contribution >= 0.6 is 23.2 Å². The number of benzene rings is 2. The highest BCUT2D eigenvalue weighted by Gasteiger charge is 2.26. The second-order valence-electron chi connectivity index (χ2n) is 6.71. The number of rotatable bonds is 5. The molecule has 0 bridgehead atoms. The Kier molecular flexibility index (Phi) is 6.82. The van der Waals surface area contributed by atoms with Crippen molar-refractivity contribution in [1.29, 1.82) is 0 Å². The van der Waals surface area contributed by atoms with Crippen molar-refractivity contribution in [2.24, 2.45) is 0 Å². The van der Waals surface area contributed by atoms with Crippen LogP contribution in [-0.4, -0.2) is 62.0 Å². The molecule has 2 aromatic carbocycles. The predicted octanol–water partition coefficient (Wildman–Crippen LogP) is 3.14. The lowest BCUT2D eigenvalue weighted by Gasteiger charge is -2.35. The maximum atomic E-state index is 12.6. The Hall–Kier alpha value is -2.09. The Morgan fingerprint density at radius 1 is 0.862 bits per heavy atom. The molecule has 0 radical (unpaired) electrons. The third kappa shape index (κ3) is 5.50. The number of piperazine rings is 1. The topological polar surface area (TPSA) is 74.8 Å². The van der Waals surface area contributed by atoms with Gasteiger partial charge in [-0.15, -0.1) is 0 Å². The van der Waals surface area contributed by atoms with Crippen LogP contribution in [0.15, 0.2) is 53.4 Å². The van der Waals surface area contributed by atoms with Crippen LogP contribution in [0.1, 0.15) is 16.8 Å². The van der Waals surface area contributed by atoms with Crippen molar-refractivity contribution in [3.8, 4) is 0 Å². The fourth-order valence-electron chi connectivity index (χ4n) is 3.14. The van der Waals surface area contributed by atoms with Gasteiger partial charge in [-0.25, -0.2) is 8.42 Å². The first-order valence-corrected chi connectivity index (χ1v) is 11.5. The van der Waals surface area contributed by atoms with E-state index >= 15 is 0 Å². The molecule has 6 nitrogen and oxygen atoms in total. The zero-order chi connectivity index (χ0) is 21.0. The molecular weight excluding hydrogens is 435 g/mol. The molecule has 0 N–H and O–H groups in total. The van der Waals surface area contributed by atoms with Gasteiger partial charge in [0.2, 0.25) is 5.91 Å². The number of carbonyl (C=O) groups is 2. The van der Waals surface area contributed by atoms with Crippen LogP contribution in [0.4, 0.5) is 0 Å². The molecule has 1 aliphatic heterocycles. The molecule has 3 rings (SSSR count). The van der Waals surface area contributed by atoms with Gasteiger partial charge in [-0.2, -0.15) is 0 Å². The minimum atomic E-state index is -3.50. The quantitative estimate of drug-likeness (QED) is 0.695. The summed E-state index contributed by atoms with van der Waals surface area (Å²) in [6, 6.07) is 12.8. The molecule has 1 fully saturated rings. The summed E-state index contributed by atoms with van der Waals surface area (Å²) in [4.78, 5) is 28.5. The Balaban J connectivity index is 1.53. The average Bonchev–Trinajstić information content (AvgIpc) is 2.71. The van der Waals surface area contributed by atoms with Crippen molar-refractivity contribution in [2.45, 2.75) is 11.3 Å². The van der Waals surface area contributed by atoms with Crippen LogP contribution in [-0.2, 0) is 14.6 Å². The molecule has 0 atom stereocenters. The summed E-state index contributed by atoms with van der Waals surface area (Å²) in [6.07, 6.45) is -0.0882. The van der Waals surface area contributed by atoms with Crippen LogP contribution < -0.4 is 0 Å². The smallest absolute Gasteiger partial charge is 0.254 e. The molecule has 1 aliphatic rings. The normalized spacial score (nSPS) is 14.7. The van der Waals surface area contributed by atoms with Crippen LogP contribution in [0.2, 0.25) is 10.0 Å². The van der Waals surface area contributed by atoms with E-state index < -0.39 is 9.84 Å². The molecule has 1 saturated heterocycles. The van der Waals surface area contributed by atoms with E-state index in [1.165, 1.54) is 12.1 Å². The highest BCUT2D eigenvalue weighted by molar-refractivity contribution is 7.91. The van der Waals surface area contributed by atoms with E-state index in [0.717, 1.165) is 0 Å². The van der Waals surface area contributed by atoms with Gasteiger partial charge in [0.05, 0.1) is 10.6 Å². The maximum absolute atomic E-state index is 12.6. The zero-order valence-electron chi connectivity index (χ0n) is 15.6.